The van der Waals surface area contributed by atoms with Crippen LogP contribution >= 0.6 is 0 Å². The molecule has 0 aromatic carbocycles. The van der Waals surface area contributed by atoms with E-state index in [1.807, 2.05) is 13.8 Å². The van der Waals surface area contributed by atoms with Gasteiger partial charge in [0.2, 0.25) is 5.91 Å². The SMILES string of the molecule is CCOC(=O)C/C(=N/N=C1\NNC(=O)CC1(C)C)C(=O)OCC. The molecule has 0 aromatic rings. The van der Waals surface area contributed by atoms with Crippen LogP contribution < -0.4 is 10.9 Å². The van der Waals surface area contributed by atoms with Gasteiger partial charge in [0.05, 0.1) is 19.6 Å². The molecule has 23 heavy (non-hydrogen) atoms. The molecule has 1 amide bonds. The summed E-state index contributed by atoms with van der Waals surface area (Å²) in [6.45, 7) is 7.27. The van der Waals surface area contributed by atoms with E-state index in [0.717, 1.165) is 0 Å². The summed E-state index contributed by atoms with van der Waals surface area (Å²) in [5.41, 5.74) is 4.34. The van der Waals surface area contributed by atoms with Crippen LogP contribution in [0.25, 0.3) is 0 Å². The molecule has 1 aliphatic rings. The Bertz CT molecular complexity index is 539. The lowest BCUT2D eigenvalue weighted by molar-refractivity contribution is -0.143. The van der Waals surface area contributed by atoms with Crippen molar-refractivity contribution < 1.29 is 23.9 Å². The first-order valence-corrected chi connectivity index (χ1v) is 7.32. The Morgan fingerprint density at radius 2 is 1.83 bits per heavy atom. The summed E-state index contributed by atoms with van der Waals surface area (Å²) in [4.78, 5) is 34.8. The average molecular weight is 326 g/mol. The molecule has 0 atom stereocenters. The van der Waals surface area contributed by atoms with Gasteiger partial charge in [0.1, 0.15) is 5.84 Å². The minimum absolute atomic E-state index is 0.150. The summed E-state index contributed by atoms with van der Waals surface area (Å²) in [5.74, 6) is -1.12. The van der Waals surface area contributed by atoms with Crippen molar-refractivity contribution in [1.82, 2.24) is 10.9 Å². The van der Waals surface area contributed by atoms with E-state index in [-0.39, 0.29) is 37.7 Å². The zero-order valence-corrected chi connectivity index (χ0v) is 13.8. The summed E-state index contributed by atoms with van der Waals surface area (Å²) in [6, 6.07) is 0. The molecule has 9 heteroatoms. The Kier molecular flexibility index (Phi) is 6.67. The highest BCUT2D eigenvalue weighted by Crippen LogP contribution is 2.23. The summed E-state index contributed by atoms with van der Waals surface area (Å²) < 4.78 is 9.65. The monoisotopic (exact) mass is 326 g/mol. The van der Waals surface area contributed by atoms with Gasteiger partial charge in [0, 0.05) is 11.8 Å². The molecule has 0 unspecified atom stereocenters. The quantitative estimate of drug-likeness (QED) is 0.412. The first-order chi connectivity index (χ1) is 10.8. The summed E-state index contributed by atoms with van der Waals surface area (Å²) in [6.07, 6.45) is -0.114. The molecular weight excluding hydrogens is 304 g/mol. The molecule has 0 aliphatic carbocycles. The Labute approximate surface area is 134 Å². The standard InChI is InChI=1S/C14H22N4O5/c1-5-22-11(20)7-9(12(21)23-6-2)15-17-13-14(3,4)8-10(19)16-18-13/h5-8H2,1-4H3,(H,16,19)(H,17,18)/b15-9-. The van der Waals surface area contributed by atoms with Gasteiger partial charge >= 0.3 is 11.9 Å². The smallest absolute Gasteiger partial charge is 0.355 e. The average Bonchev–Trinajstić information content (AvgIpc) is 2.44. The van der Waals surface area contributed by atoms with Crippen LogP contribution in [0.5, 0.6) is 0 Å². The predicted octanol–water partition coefficient (Wildman–Crippen LogP) is 0.308. The fourth-order valence-corrected chi connectivity index (χ4v) is 1.81. The van der Waals surface area contributed by atoms with Gasteiger partial charge in [-0.2, -0.15) is 0 Å². The van der Waals surface area contributed by atoms with Gasteiger partial charge in [-0.15, -0.1) is 10.2 Å². The Morgan fingerprint density at radius 1 is 1.17 bits per heavy atom. The number of hydrazine groups is 1. The van der Waals surface area contributed by atoms with Gasteiger partial charge in [0.15, 0.2) is 5.71 Å². The number of esters is 2. The number of nitrogens with one attached hydrogen (secondary N) is 2. The molecule has 1 heterocycles. The van der Waals surface area contributed by atoms with Gasteiger partial charge in [-0.1, -0.05) is 13.8 Å². The van der Waals surface area contributed by atoms with Gasteiger partial charge < -0.3 is 9.47 Å². The molecule has 0 spiro atoms. The van der Waals surface area contributed by atoms with Crippen LogP contribution in [-0.4, -0.2) is 42.6 Å². The lowest BCUT2D eigenvalue weighted by atomic mass is 9.86. The number of amidine groups is 1. The predicted molar refractivity (Wildman–Crippen MR) is 82.4 cm³/mol. The third-order valence-electron chi connectivity index (χ3n) is 2.96. The molecule has 1 fully saturated rings. The second-order valence-corrected chi connectivity index (χ2v) is 5.43. The highest BCUT2D eigenvalue weighted by Gasteiger charge is 2.33. The number of hydrogen-bond acceptors (Lipinski definition) is 7. The van der Waals surface area contributed by atoms with E-state index in [1.165, 1.54) is 0 Å². The van der Waals surface area contributed by atoms with E-state index < -0.39 is 17.4 Å². The third kappa shape index (κ3) is 5.68. The van der Waals surface area contributed by atoms with Crippen molar-refractivity contribution in [2.45, 2.75) is 40.5 Å². The molecular formula is C14H22N4O5. The molecule has 9 nitrogen and oxygen atoms in total. The topological polar surface area (TPSA) is 118 Å². The fourth-order valence-electron chi connectivity index (χ4n) is 1.81. The van der Waals surface area contributed by atoms with E-state index >= 15 is 0 Å². The van der Waals surface area contributed by atoms with Crippen LogP contribution in [0.15, 0.2) is 10.2 Å². The normalized spacial score (nSPS) is 18.9. The van der Waals surface area contributed by atoms with Crippen LogP contribution in [0.3, 0.4) is 0 Å². The van der Waals surface area contributed by atoms with Crippen molar-refractivity contribution in [3.8, 4) is 0 Å². The van der Waals surface area contributed by atoms with Crippen molar-refractivity contribution in [2.75, 3.05) is 13.2 Å². The molecule has 2 N–H and O–H groups in total. The molecule has 0 saturated carbocycles. The summed E-state index contributed by atoms with van der Waals surface area (Å²) in [5, 5.41) is 7.78. The molecule has 128 valence electrons. The van der Waals surface area contributed by atoms with Gasteiger partial charge in [-0.3, -0.25) is 20.4 Å². The van der Waals surface area contributed by atoms with Crippen LogP contribution in [0.2, 0.25) is 0 Å². The number of amides is 1. The van der Waals surface area contributed by atoms with Crippen LogP contribution in [0, 0.1) is 5.41 Å². The zero-order valence-electron chi connectivity index (χ0n) is 13.8. The number of ether oxygens (including phenoxy) is 2. The van der Waals surface area contributed by atoms with Crippen molar-refractivity contribution in [3.05, 3.63) is 0 Å². The van der Waals surface area contributed by atoms with Gasteiger partial charge in [-0.25, -0.2) is 4.79 Å². The van der Waals surface area contributed by atoms with Gasteiger partial charge in [-0.05, 0) is 13.8 Å². The molecule has 1 aliphatic heterocycles. The highest BCUT2D eigenvalue weighted by atomic mass is 16.5. The first-order valence-electron chi connectivity index (χ1n) is 7.32. The number of rotatable bonds is 6. The van der Waals surface area contributed by atoms with Crippen molar-refractivity contribution in [3.63, 3.8) is 0 Å². The van der Waals surface area contributed by atoms with Crippen LogP contribution in [0.4, 0.5) is 0 Å². The maximum atomic E-state index is 11.8. The number of carbonyl (C=O) groups is 3. The fraction of sp³-hybridized carbons (Fsp3) is 0.643. The lowest BCUT2D eigenvalue weighted by Crippen LogP contribution is -2.54. The number of nitrogens with zero attached hydrogens (tertiary/aromatic N) is 2. The van der Waals surface area contributed by atoms with E-state index in [2.05, 4.69) is 21.1 Å². The van der Waals surface area contributed by atoms with E-state index in [0.29, 0.717) is 5.84 Å². The Hall–Kier alpha value is -2.45. The zero-order chi connectivity index (χ0) is 17.5. The third-order valence-corrected chi connectivity index (χ3v) is 2.96. The molecule has 0 aromatic heterocycles. The minimum atomic E-state index is -0.734. The maximum Gasteiger partial charge on any atom is 0.355 e. The molecule has 1 rings (SSSR count). The largest absolute Gasteiger partial charge is 0.466 e. The van der Waals surface area contributed by atoms with Crippen molar-refractivity contribution in [2.24, 2.45) is 15.6 Å². The van der Waals surface area contributed by atoms with Gasteiger partial charge in [0.25, 0.3) is 0 Å². The molecule has 1 saturated heterocycles. The summed E-state index contributed by atoms with van der Waals surface area (Å²) >= 11 is 0. The number of hydrogen-bond donors (Lipinski definition) is 2. The minimum Gasteiger partial charge on any atom is -0.466 e. The van der Waals surface area contributed by atoms with Crippen molar-refractivity contribution in [1.29, 1.82) is 0 Å². The molecule has 0 bridgehead atoms. The second kappa shape index (κ2) is 8.25. The first kappa shape index (κ1) is 18.6. The van der Waals surface area contributed by atoms with Crippen LogP contribution in [-0.2, 0) is 23.9 Å². The second-order valence-electron chi connectivity index (χ2n) is 5.43. The number of carbonyl (C=O) groups excluding carboxylic acids is 3. The maximum absolute atomic E-state index is 11.8. The Morgan fingerprint density at radius 3 is 2.39 bits per heavy atom. The van der Waals surface area contributed by atoms with E-state index in [4.69, 9.17) is 9.47 Å². The highest BCUT2D eigenvalue weighted by molar-refractivity contribution is 6.39. The van der Waals surface area contributed by atoms with E-state index in [9.17, 15) is 14.4 Å². The van der Waals surface area contributed by atoms with E-state index in [1.54, 1.807) is 13.8 Å². The molecule has 0 radical (unpaired) electrons. The Balaban J connectivity index is 2.98. The van der Waals surface area contributed by atoms with Crippen LogP contribution in [0.1, 0.15) is 40.5 Å². The lowest BCUT2D eigenvalue weighted by Gasteiger charge is -2.30. The van der Waals surface area contributed by atoms with Crippen molar-refractivity contribution >= 4 is 29.4 Å². The summed E-state index contributed by atoms with van der Waals surface area (Å²) in [7, 11) is 0.